The number of hydrogen-bond donors (Lipinski definition) is 0. The van der Waals surface area contributed by atoms with Crippen LogP contribution in [0.3, 0.4) is 0 Å². The fourth-order valence-corrected chi connectivity index (χ4v) is 3.55. The summed E-state index contributed by atoms with van der Waals surface area (Å²) < 4.78 is 16.5. The van der Waals surface area contributed by atoms with E-state index in [4.69, 9.17) is 14.2 Å². The summed E-state index contributed by atoms with van der Waals surface area (Å²) in [5, 5.41) is 0. The molecule has 1 aliphatic heterocycles. The van der Waals surface area contributed by atoms with E-state index >= 15 is 0 Å². The smallest absolute Gasteiger partial charge is 0.303 e. The van der Waals surface area contributed by atoms with E-state index in [1.807, 2.05) is 37.3 Å². The van der Waals surface area contributed by atoms with Crippen LogP contribution in [0.4, 0.5) is 0 Å². The van der Waals surface area contributed by atoms with Gasteiger partial charge in [-0.15, -0.1) is 0 Å². The minimum atomic E-state index is -0.575. The van der Waals surface area contributed by atoms with Crippen molar-refractivity contribution in [3.63, 3.8) is 0 Å². The van der Waals surface area contributed by atoms with Crippen LogP contribution in [0.5, 0.6) is 0 Å². The molecule has 0 amide bonds. The summed E-state index contributed by atoms with van der Waals surface area (Å²) in [6, 6.07) is 9.86. The van der Waals surface area contributed by atoms with E-state index in [0.29, 0.717) is 6.42 Å². The topological polar surface area (TPSA) is 61.8 Å². The number of carbonyl (C=O) groups is 2. The van der Waals surface area contributed by atoms with Crippen molar-refractivity contribution < 1.29 is 23.8 Å². The molecule has 0 saturated carbocycles. The van der Waals surface area contributed by atoms with Gasteiger partial charge in [0.05, 0.1) is 6.10 Å². The van der Waals surface area contributed by atoms with Crippen LogP contribution in [0.25, 0.3) is 0 Å². The first-order valence-electron chi connectivity index (χ1n) is 7.17. The van der Waals surface area contributed by atoms with Crippen molar-refractivity contribution in [2.24, 2.45) is 0 Å². The Morgan fingerprint density at radius 2 is 1.77 bits per heavy atom. The third-order valence-corrected chi connectivity index (χ3v) is 4.36. The van der Waals surface area contributed by atoms with Gasteiger partial charge in [-0.1, -0.05) is 30.0 Å². The second-order valence-corrected chi connectivity index (χ2v) is 6.39. The summed E-state index contributed by atoms with van der Waals surface area (Å²) in [5.41, 5.74) is -0.159. The lowest BCUT2D eigenvalue weighted by Gasteiger charge is -2.38. The molecule has 1 saturated heterocycles. The minimum absolute atomic E-state index is 0.159. The van der Waals surface area contributed by atoms with Crippen molar-refractivity contribution in [1.82, 2.24) is 0 Å². The SMILES string of the molecule is CC(=O)OC1CC(Sc2ccccc2)OC(C)C1OC(C)=O. The molecular weight excluding hydrogens is 304 g/mol. The predicted octanol–water partition coefficient (Wildman–Crippen LogP) is 2.78. The average molecular weight is 324 g/mol. The second-order valence-electron chi connectivity index (χ2n) is 5.16. The molecule has 4 unspecified atom stereocenters. The molecule has 0 aromatic heterocycles. The summed E-state index contributed by atoms with van der Waals surface area (Å²) in [4.78, 5) is 23.6. The van der Waals surface area contributed by atoms with Gasteiger partial charge in [0.1, 0.15) is 11.5 Å². The van der Waals surface area contributed by atoms with Gasteiger partial charge in [0.15, 0.2) is 6.10 Å². The van der Waals surface area contributed by atoms with Gasteiger partial charge < -0.3 is 14.2 Å². The van der Waals surface area contributed by atoms with Crippen molar-refractivity contribution in [3.05, 3.63) is 30.3 Å². The van der Waals surface area contributed by atoms with Crippen molar-refractivity contribution in [2.75, 3.05) is 0 Å². The van der Waals surface area contributed by atoms with E-state index in [0.717, 1.165) is 4.90 Å². The van der Waals surface area contributed by atoms with Gasteiger partial charge in [-0.25, -0.2) is 0 Å². The largest absolute Gasteiger partial charge is 0.458 e. The van der Waals surface area contributed by atoms with Gasteiger partial charge in [-0.2, -0.15) is 0 Å². The molecule has 4 atom stereocenters. The standard InChI is InChI=1S/C16H20O5S/c1-10-16(21-12(3)18)14(20-11(2)17)9-15(19-10)22-13-7-5-4-6-8-13/h4-8,10,14-16H,9H2,1-3H3. The van der Waals surface area contributed by atoms with Crippen LogP contribution in [0.2, 0.25) is 0 Å². The highest BCUT2D eigenvalue weighted by Crippen LogP contribution is 2.34. The van der Waals surface area contributed by atoms with Crippen molar-refractivity contribution in [3.8, 4) is 0 Å². The van der Waals surface area contributed by atoms with Crippen molar-refractivity contribution >= 4 is 23.7 Å². The molecule has 1 fully saturated rings. The number of benzene rings is 1. The third-order valence-electron chi connectivity index (χ3n) is 3.25. The first-order chi connectivity index (χ1) is 10.5. The van der Waals surface area contributed by atoms with E-state index in [1.54, 1.807) is 11.8 Å². The number of thioether (sulfide) groups is 1. The summed E-state index contributed by atoms with van der Waals surface area (Å²) in [6.07, 6.45) is -0.940. The fourth-order valence-electron chi connectivity index (χ4n) is 2.42. The Labute approximate surface area is 134 Å². The van der Waals surface area contributed by atoms with Crippen LogP contribution in [-0.4, -0.2) is 35.7 Å². The van der Waals surface area contributed by atoms with Crippen LogP contribution in [-0.2, 0) is 23.8 Å². The molecule has 1 aromatic rings. The molecule has 1 aliphatic rings. The van der Waals surface area contributed by atoms with E-state index in [1.165, 1.54) is 13.8 Å². The molecule has 0 aliphatic carbocycles. The van der Waals surface area contributed by atoms with Crippen LogP contribution < -0.4 is 0 Å². The number of rotatable bonds is 4. The Morgan fingerprint density at radius 1 is 1.14 bits per heavy atom. The predicted molar refractivity (Wildman–Crippen MR) is 82.4 cm³/mol. The first-order valence-corrected chi connectivity index (χ1v) is 8.05. The summed E-state index contributed by atoms with van der Waals surface area (Å²) >= 11 is 1.57. The monoisotopic (exact) mass is 324 g/mol. The van der Waals surface area contributed by atoms with Gasteiger partial charge in [0, 0.05) is 25.2 Å². The second kappa shape index (κ2) is 7.65. The zero-order chi connectivity index (χ0) is 16.1. The number of esters is 2. The highest BCUT2D eigenvalue weighted by atomic mass is 32.2. The van der Waals surface area contributed by atoms with Gasteiger partial charge in [0.25, 0.3) is 0 Å². The van der Waals surface area contributed by atoms with Gasteiger partial charge in [0.2, 0.25) is 0 Å². The maximum Gasteiger partial charge on any atom is 0.303 e. The Balaban J connectivity index is 2.07. The molecule has 2 rings (SSSR count). The van der Waals surface area contributed by atoms with Gasteiger partial charge in [-0.05, 0) is 19.1 Å². The van der Waals surface area contributed by atoms with Crippen LogP contribution >= 0.6 is 11.8 Å². The molecular formula is C16H20O5S. The Kier molecular flexibility index (Phi) is 5.85. The van der Waals surface area contributed by atoms with Crippen LogP contribution in [0.1, 0.15) is 27.2 Å². The number of ether oxygens (including phenoxy) is 3. The molecule has 1 aromatic carbocycles. The van der Waals surface area contributed by atoms with E-state index in [-0.39, 0.29) is 17.5 Å². The molecule has 1 heterocycles. The molecule has 0 radical (unpaired) electrons. The van der Waals surface area contributed by atoms with Crippen molar-refractivity contribution in [1.29, 1.82) is 0 Å². The van der Waals surface area contributed by atoms with E-state index in [2.05, 4.69) is 0 Å². The van der Waals surface area contributed by atoms with Gasteiger partial charge in [-0.3, -0.25) is 9.59 Å². The molecule has 0 bridgehead atoms. The Morgan fingerprint density at radius 3 is 2.36 bits per heavy atom. The zero-order valence-electron chi connectivity index (χ0n) is 12.9. The fraction of sp³-hybridized carbons (Fsp3) is 0.500. The average Bonchev–Trinajstić information content (AvgIpc) is 2.43. The molecule has 6 heteroatoms. The first kappa shape index (κ1) is 16.8. The normalized spacial score (nSPS) is 28.0. The minimum Gasteiger partial charge on any atom is -0.458 e. The van der Waals surface area contributed by atoms with Crippen LogP contribution in [0, 0.1) is 0 Å². The molecule has 5 nitrogen and oxygen atoms in total. The summed E-state index contributed by atoms with van der Waals surface area (Å²) in [6.45, 7) is 4.51. The van der Waals surface area contributed by atoms with E-state index < -0.39 is 18.2 Å². The maximum atomic E-state index is 11.3. The number of hydrogen-bond acceptors (Lipinski definition) is 6. The van der Waals surface area contributed by atoms with Crippen LogP contribution in [0.15, 0.2) is 35.2 Å². The summed E-state index contributed by atoms with van der Waals surface area (Å²) in [5.74, 6) is -0.800. The number of carbonyl (C=O) groups excluding carboxylic acids is 2. The highest BCUT2D eigenvalue weighted by molar-refractivity contribution is 7.99. The maximum absolute atomic E-state index is 11.3. The lowest BCUT2D eigenvalue weighted by Crippen LogP contribution is -2.49. The van der Waals surface area contributed by atoms with Crippen molar-refractivity contribution in [2.45, 2.75) is 55.8 Å². The molecule has 0 N–H and O–H groups in total. The highest BCUT2D eigenvalue weighted by Gasteiger charge is 2.41. The molecule has 22 heavy (non-hydrogen) atoms. The van der Waals surface area contributed by atoms with E-state index in [9.17, 15) is 9.59 Å². The molecule has 120 valence electrons. The summed E-state index contributed by atoms with van der Waals surface area (Å²) in [7, 11) is 0. The Hall–Kier alpha value is -1.53. The molecule has 0 spiro atoms. The van der Waals surface area contributed by atoms with Gasteiger partial charge >= 0.3 is 11.9 Å². The zero-order valence-corrected chi connectivity index (χ0v) is 13.7. The lowest BCUT2D eigenvalue weighted by molar-refractivity contribution is -0.194. The lowest BCUT2D eigenvalue weighted by atomic mass is 10.0. The third kappa shape index (κ3) is 4.74. The Bertz CT molecular complexity index is 519. The quantitative estimate of drug-likeness (QED) is 0.794.